The van der Waals surface area contributed by atoms with Gasteiger partial charge in [0, 0.05) is 28.3 Å². The van der Waals surface area contributed by atoms with E-state index in [0.29, 0.717) is 17.3 Å². The number of nitrogens with zero attached hydrogens (tertiary/aromatic N) is 1. The van der Waals surface area contributed by atoms with Crippen LogP contribution < -0.4 is 15.0 Å². The molecule has 1 N–H and O–H groups in total. The van der Waals surface area contributed by atoms with E-state index >= 15 is 0 Å². The van der Waals surface area contributed by atoms with Gasteiger partial charge in [0.2, 0.25) is 0 Å². The van der Waals surface area contributed by atoms with E-state index in [1.165, 1.54) is 12.1 Å². The molecule has 1 aliphatic rings. The van der Waals surface area contributed by atoms with Gasteiger partial charge in [0.15, 0.2) is 0 Å². The summed E-state index contributed by atoms with van der Waals surface area (Å²) in [4.78, 5) is 14.8. The number of fused-ring (bicyclic) bond motifs is 1. The molecule has 0 aliphatic carbocycles. The number of hydrogen-bond donors (Lipinski definition) is 1. The molecule has 0 aromatic heterocycles. The van der Waals surface area contributed by atoms with E-state index in [0.717, 1.165) is 40.8 Å². The molecule has 0 saturated carbocycles. The van der Waals surface area contributed by atoms with Gasteiger partial charge in [0.25, 0.3) is 5.91 Å². The summed E-state index contributed by atoms with van der Waals surface area (Å²) in [6, 6.07) is 9.02. The molecule has 2 aromatic rings. The third kappa shape index (κ3) is 4.55. The van der Waals surface area contributed by atoms with Crippen LogP contribution >= 0.6 is 15.9 Å². The molecule has 2 aromatic carbocycles. The molecule has 1 amide bonds. The molecular weight excluding hydrogens is 425 g/mol. The van der Waals surface area contributed by atoms with Crippen molar-refractivity contribution in [3.8, 4) is 5.75 Å². The number of anilines is 2. The number of benzene rings is 2. The topological polar surface area (TPSA) is 41.6 Å². The second kappa shape index (κ2) is 7.42. The predicted octanol–water partition coefficient (Wildman–Crippen LogP) is 5.37. The third-order valence-corrected chi connectivity index (χ3v) is 4.89. The highest BCUT2D eigenvalue weighted by Gasteiger charge is 2.31. The van der Waals surface area contributed by atoms with Crippen molar-refractivity contribution >= 4 is 33.2 Å². The Labute approximate surface area is 163 Å². The molecule has 27 heavy (non-hydrogen) atoms. The minimum Gasteiger partial charge on any atom is -0.406 e. The quantitative estimate of drug-likeness (QED) is 0.691. The molecule has 0 atom stereocenters. The van der Waals surface area contributed by atoms with Crippen LogP contribution in [0.2, 0.25) is 0 Å². The number of carbonyl (C=O) groups is 1. The number of carbonyl (C=O) groups excluding carboxylic acids is 1. The normalized spacial score (nSPS) is 13.7. The summed E-state index contributed by atoms with van der Waals surface area (Å²) >= 11 is 3.55. The van der Waals surface area contributed by atoms with Gasteiger partial charge in [-0.3, -0.25) is 4.79 Å². The van der Waals surface area contributed by atoms with Crippen molar-refractivity contribution in [2.75, 3.05) is 16.8 Å². The molecule has 0 spiro atoms. The average Bonchev–Trinajstić information content (AvgIpc) is 3.00. The highest BCUT2D eigenvalue weighted by molar-refractivity contribution is 9.10. The number of ether oxygens (including phenoxy) is 1. The molecule has 0 radical (unpaired) electrons. The first-order chi connectivity index (χ1) is 12.6. The van der Waals surface area contributed by atoms with Gasteiger partial charge in [-0.05, 0) is 78.2 Å². The third-order valence-electron chi connectivity index (χ3n) is 4.28. The fourth-order valence-corrected chi connectivity index (χ4v) is 3.84. The number of nitrogens with one attached hydrogen (secondary N) is 1. The lowest BCUT2D eigenvalue weighted by molar-refractivity contribution is -0.274. The van der Waals surface area contributed by atoms with E-state index in [4.69, 9.17) is 0 Å². The van der Waals surface area contributed by atoms with Gasteiger partial charge in [-0.1, -0.05) is 0 Å². The first-order valence-corrected chi connectivity index (χ1v) is 9.19. The SMILES string of the molecule is CC(C)N1CCc2cc(C(=O)Nc3ccc(OC(F)(F)F)cc3)cc(Br)c21. The number of rotatable bonds is 4. The molecule has 3 rings (SSSR count). The monoisotopic (exact) mass is 442 g/mol. The minimum absolute atomic E-state index is 0.328. The summed E-state index contributed by atoms with van der Waals surface area (Å²) in [7, 11) is 0. The van der Waals surface area contributed by atoms with Crippen LogP contribution in [0.5, 0.6) is 5.75 Å². The van der Waals surface area contributed by atoms with Crippen LogP contribution in [0, 0.1) is 0 Å². The highest BCUT2D eigenvalue weighted by atomic mass is 79.9. The van der Waals surface area contributed by atoms with E-state index in [1.807, 2.05) is 6.07 Å². The Morgan fingerprint density at radius 1 is 1.22 bits per heavy atom. The maximum atomic E-state index is 12.5. The van der Waals surface area contributed by atoms with Crippen molar-refractivity contribution in [2.24, 2.45) is 0 Å². The Kier molecular flexibility index (Phi) is 5.37. The zero-order valence-corrected chi connectivity index (χ0v) is 16.3. The molecule has 144 valence electrons. The molecular formula is C19H18BrF3N2O2. The predicted molar refractivity (Wildman–Crippen MR) is 101 cm³/mol. The Balaban J connectivity index is 1.75. The van der Waals surface area contributed by atoms with Crippen LogP contribution in [0.15, 0.2) is 40.9 Å². The standard InChI is InChI=1S/C19H18BrF3N2O2/c1-11(2)25-8-7-12-9-13(10-16(20)17(12)25)18(26)24-14-3-5-15(6-4-14)27-19(21,22)23/h3-6,9-11H,7-8H2,1-2H3,(H,24,26). The Bertz CT molecular complexity index is 851. The number of hydrogen-bond acceptors (Lipinski definition) is 3. The second-order valence-electron chi connectivity index (χ2n) is 6.53. The number of halogens is 4. The maximum Gasteiger partial charge on any atom is 0.573 e. The first-order valence-electron chi connectivity index (χ1n) is 8.40. The van der Waals surface area contributed by atoms with Crippen molar-refractivity contribution in [3.63, 3.8) is 0 Å². The van der Waals surface area contributed by atoms with Crippen LogP contribution in [-0.2, 0) is 6.42 Å². The summed E-state index contributed by atoms with van der Waals surface area (Å²) in [6.07, 6.45) is -3.89. The van der Waals surface area contributed by atoms with Gasteiger partial charge in [-0.15, -0.1) is 13.2 Å². The molecule has 1 aliphatic heterocycles. The fourth-order valence-electron chi connectivity index (χ4n) is 3.11. The van der Waals surface area contributed by atoms with Crippen molar-refractivity contribution in [1.82, 2.24) is 0 Å². The molecule has 0 unspecified atom stereocenters. The van der Waals surface area contributed by atoms with E-state index in [1.54, 1.807) is 6.07 Å². The maximum absolute atomic E-state index is 12.5. The summed E-state index contributed by atoms with van der Waals surface area (Å²) in [5, 5.41) is 2.69. The van der Waals surface area contributed by atoms with Crippen molar-refractivity contribution in [2.45, 2.75) is 32.7 Å². The average molecular weight is 443 g/mol. The summed E-state index contributed by atoms with van der Waals surface area (Å²) in [5.74, 6) is -0.666. The Hall–Kier alpha value is -2.22. The van der Waals surface area contributed by atoms with Crippen LogP contribution in [0.25, 0.3) is 0 Å². The van der Waals surface area contributed by atoms with Crippen LogP contribution in [0.3, 0.4) is 0 Å². The zero-order valence-electron chi connectivity index (χ0n) is 14.7. The minimum atomic E-state index is -4.74. The van der Waals surface area contributed by atoms with Gasteiger partial charge in [-0.25, -0.2) is 0 Å². The van der Waals surface area contributed by atoms with E-state index in [2.05, 4.69) is 44.7 Å². The zero-order chi connectivity index (χ0) is 19.8. The number of alkyl halides is 3. The Morgan fingerprint density at radius 3 is 2.48 bits per heavy atom. The Morgan fingerprint density at radius 2 is 1.89 bits per heavy atom. The van der Waals surface area contributed by atoms with Gasteiger partial charge in [-0.2, -0.15) is 0 Å². The molecule has 0 bridgehead atoms. The van der Waals surface area contributed by atoms with Crippen molar-refractivity contribution < 1.29 is 22.7 Å². The van der Waals surface area contributed by atoms with Gasteiger partial charge >= 0.3 is 6.36 Å². The summed E-state index contributed by atoms with van der Waals surface area (Å²) in [5.41, 5.74) is 3.07. The van der Waals surface area contributed by atoms with E-state index < -0.39 is 6.36 Å². The molecule has 0 fully saturated rings. The van der Waals surface area contributed by atoms with Crippen molar-refractivity contribution in [1.29, 1.82) is 0 Å². The van der Waals surface area contributed by atoms with Crippen LogP contribution in [-0.4, -0.2) is 24.9 Å². The van der Waals surface area contributed by atoms with E-state index in [9.17, 15) is 18.0 Å². The van der Waals surface area contributed by atoms with E-state index in [-0.39, 0.29) is 11.7 Å². The lowest BCUT2D eigenvalue weighted by Crippen LogP contribution is -2.28. The van der Waals surface area contributed by atoms with Gasteiger partial charge < -0.3 is 15.0 Å². The lowest BCUT2D eigenvalue weighted by atomic mass is 10.1. The fraction of sp³-hybridized carbons (Fsp3) is 0.316. The molecule has 1 heterocycles. The van der Waals surface area contributed by atoms with Crippen LogP contribution in [0.1, 0.15) is 29.8 Å². The summed E-state index contributed by atoms with van der Waals surface area (Å²) in [6.45, 7) is 5.14. The van der Waals surface area contributed by atoms with Gasteiger partial charge in [0.05, 0.1) is 5.69 Å². The van der Waals surface area contributed by atoms with Gasteiger partial charge in [0.1, 0.15) is 5.75 Å². The van der Waals surface area contributed by atoms with Crippen LogP contribution in [0.4, 0.5) is 24.5 Å². The molecule has 8 heteroatoms. The lowest BCUT2D eigenvalue weighted by Gasteiger charge is -2.25. The second-order valence-corrected chi connectivity index (χ2v) is 7.38. The first kappa shape index (κ1) is 19.5. The van der Waals surface area contributed by atoms with Crippen molar-refractivity contribution in [3.05, 3.63) is 52.0 Å². The smallest absolute Gasteiger partial charge is 0.406 e. The largest absolute Gasteiger partial charge is 0.573 e. The molecule has 0 saturated heterocycles. The highest BCUT2D eigenvalue weighted by Crippen LogP contribution is 2.38. The molecule has 4 nitrogen and oxygen atoms in total. The summed E-state index contributed by atoms with van der Waals surface area (Å²) < 4.78 is 41.3. The number of amides is 1.